The van der Waals surface area contributed by atoms with Crippen molar-refractivity contribution in [2.24, 2.45) is 0 Å². The molecule has 0 amide bonds. The number of sulfone groups is 1. The van der Waals surface area contributed by atoms with Gasteiger partial charge in [0.1, 0.15) is 41.4 Å². The number of halogens is 3. The first-order valence-corrected chi connectivity index (χ1v) is 17.3. The number of phenolic OH excluding ortho intramolecular Hbond substituents is 1. The van der Waals surface area contributed by atoms with Crippen LogP contribution in [0.3, 0.4) is 0 Å². The second kappa shape index (κ2) is 11.8. The fourth-order valence-corrected chi connectivity index (χ4v) is 8.02. The highest BCUT2D eigenvalue weighted by atomic mass is 32.2. The normalized spacial score (nSPS) is 22.0. The number of pyridine rings is 1. The summed E-state index contributed by atoms with van der Waals surface area (Å²) in [6.45, 7) is 2.63. The first kappa shape index (κ1) is 31.4. The highest BCUT2D eigenvalue weighted by Gasteiger charge is 2.49. The van der Waals surface area contributed by atoms with Gasteiger partial charge in [-0.2, -0.15) is 9.97 Å². The van der Waals surface area contributed by atoms with E-state index in [0.29, 0.717) is 39.3 Å². The smallest absolute Gasteiger partial charge is 0.319 e. The highest BCUT2D eigenvalue weighted by molar-refractivity contribution is 7.90. The van der Waals surface area contributed by atoms with E-state index < -0.39 is 49.4 Å². The van der Waals surface area contributed by atoms with Crippen molar-refractivity contribution in [2.45, 2.75) is 42.4 Å². The number of benzene rings is 2. The predicted octanol–water partition coefficient (Wildman–Crippen LogP) is 4.40. The van der Waals surface area contributed by atoms with E-state index in [2.05, 4.69) is 25.8 Å². The average molecular weight is 668 g/mol. The van der Waals surface area contributed by atoms with Gasteiger partial charge in [-0.25, -0.2) is 26.6 Å². The Hall–Kier alpha value is -4.19. The van der Waals surface area contributed by atoms with Crippen LogP contribution >= 0.6 is 0 Å². The minimum absolute atomic E-state index is 0.0575. The molecule has 10 nitrogen and oxygen atoms in total. The maximum absolute atomic E-state index is 17.0. The van der Waals surface area contributed by atoms with Crippen molar-refractivity contribution >= 4 is 37.3 Å². The molecule has 5 heterocycles. The van der Waals surface area contributed by atoms with Gasteiger partial charge in [0, 0.05) is 49.9 Å². The molecule has 0 spiro atoms. The van der Waals surface area contributed by atoms with Crippen LogP contribution in [0.4, 0.5) is 19.0 Å². The molecule has 2 aromatic carbocycles. The second-order valence-electron chi connectivity index (χ2n) is 12.4. The minimum Gasteiger partial charge on any atom is -0.508 e. The summed E-state index contributed by atoms with van der Waals surface area (Å²) in [5.74, 6) is 0.271. The topological polar surface area (TPSA) is 118 Å². The molecule has 14 heteroatoms. The monoisotopic (exact) mass is 667 g/mol. The van der Waals surface area contributed by atoms with Crippen LogP contribution < -0.4 is 9.64 Å². The van der Waals surface area contributed by atoms with Crippen LogP contribution in [0, 0.1) is 24.0 Å². The van der Waals surface area contributed by atoms with Crippen molar-refractivity contribution in [1.82, 2.24) is 19.9 Å². The first-order chi connectivity index (χ1) is 22.5. The van der Waals surface area contributed by atoms with E-state index in [-0.39, 0.29) is 57.9 Å². The Balaban J connectivity index is 1.49. The summed E-state index contributed by atoms with van der Waals surface area (Å²) in [4.78, 5) is 17.2. The summed E-state index contributed by atoms with van der Waals surface area (Å²) in [6.07, 6.45) is 8.07. The Bertz CT molecular complexity index is 2070. The average Bonchev–Trinajstić information content (AvgIpc) is 3.41. The van der Waals surface area contributed by atoms with Crippen molar-refractivity contribution in [1.29, 1.82) is 0 Å². The molecule has 3 saturated heterocycles. The van der Waals surface area contributed by atoms with Gasteiger partial charge >= 0.3 is 6.01 Å². The van der Waals surface area contributed by atoms with E-state index in [1.54, 1.807) is 4.90 Å². The summed E-state index contributed by atoms with van der Waals surface area (Å²) in [6, 6.07) is 4.77. The lowest BCUT2D eigenvalue weighted by Crippen LogP contribution is -2.43. The Morgan fingerprint density at radius 3 is 2.74 bits per heavy atom. The molecule has 3 fully saturated rings. The second-order valence-corrected chi connectivity index (χ2v) is 14.3. The van der Waals surface area contributed by atoms with Crippen LogP contribution in [-0.4, -0.2) is 97.3 Å². The van der Waals surface area contributed by atoms with Crippen LogP contribution in [0.2, 0.25) is 0 Å². The fraction of sp³-hybridized carbons (Fsp3) is 0.424. The van der Waals surface area contributed by atoms with Crippen molar-refractivity contribution in [3.05, 3.63) is 41.5 Å². The summed E-state index contributed by atoms with van der Waals surface area (Å²) in [7, 11) is -4.17. The third-order valence-corrected chi connectivity index (χ3v) is 10.3. The van der Waals surface area contributed by atoms with Gasteiger partial charge < -0.3 is 19.5 Å². The van der Waals surface area contributed by atoms with Crippen molar-refractivity contribution < 1.29 is 36.2 Å². The molecule has 3 aliphatic rings. The summed E-state index contributed by atoms with van der Waals surface area (Å²) >= 11 is 0. The number of anilines is 1. The molecular weight excluding hydrogens is 635 g/mol. The molecule has 4 aromatic rings. The SMILES string of the molecule is C#Cc1c(F)ccc2cc(O)cc(-c3nc(S(C)(=O)=O)c4c(N5CCCOCC5)nc(OC[C@@]56CCCN5C[C@H](F)C6)nc4c3F)c12. The lowest BCUT2D eigenvalue weighted by atomic mass is 9.95. The molecule has 3 aliphatic heterocycles. The number of aromatic nitrogens is 3. The van der Waals surface area contributed by atoms with E-state index in [9.17, 15) is 22.3 Å². The van der Waals surface area contributed by atoms with Crippen LogP contribution in [0.1, 0.15) is 31.2 Å². The van der Waals surface area contributed by atoms with Crippen molar-refractivity contribution in [2.75, 3.05) is 57.2 Å². The zero-order chi connectivity index (χ0) is 33.1. The summed E-state index contributed by atoms with van der Waals surface area (Å²) in [5.41, 5.74) is -1.79. The number of phenols is 1. The van der Waals surface area contributed by atoms with Gasteiger partial charge in [-0.1, -0.05) is 12.0 Å². The molecule has 2 aromatic heterocycles. The van der Waals surface area contributed by atoms with Gasteiger partial charge in [-0.3, -0.25) is 4.90 Å². The lowest BCUT2D eigenvalue weighted by Gasteiger charge is -2.31. The van der Waals surface area contributed by atoms with E-state index in [0.717, 1.165) is 37.8 Å². The quantitative estimate of drug-likeness (QED) is 0.297. The zero-order valence-corrected chi connectivity index (χ0v) is 26.4. The zero-order valence-electron chi connectivity index (χ0n) is 25.6. The molecule has 0 bridgehead atoms. The number of aromatic hydroxyl groups is 1. The maximum Gasteiger partial charge on any atom is 0.319 e. The molecule has 7 rings (SSSR count). The maximum atomic E-state index is 17.0. The standard InChI is InChI=1S/C33H32F3N5O5S/c1-3-22-24(35)7-6-19-14-21(42)15-23(25(19)22)28-27(36)29-26(31(37-28)47(2,43)44)30(40-9-5-12-45-13-11-40)39-32(38-29)46-18-33-8-4-10-41(33)17-20(34)16-33/h1,6-7,14-15,20,42H,4-5,8-13,16-18H2,2H3/t20-,33+/m1/s1. The van der Waals surface area contributed by atoms with Crippen LogP contribution in [0.25, 0.3) is 32.9 Å². The third kappa shape index (κ3) is 5.50. The van der Waals surface area contributed by atoms with Crippen molar-refractivity contribution in [3.8, 4) is 35.4 Å². The molecule has 0 saturated carbocycles. The fourth-order valence-electron chi connectivity index (χ4n) is 7.20. The Morgan fingerprint density at radius 2 is 1.96 bits per heavy atom. The summed E-state index contributed by atoms with van der Waals surface area (Å²) < 4.78 is 84.9. The molecule has 47 heavy (non-hydrogen) atoms. The lowest BCUT2D eigenvalue weighted by molar-refractivity contribution is 0.107. The molecule has 2 atom stereocenters. The molecule has 246 valence electrons. The third-order valence-electron chi connectivity index (χ3n) is 9.27. The van der Waals surface area contributed by atoms with E-state index in [4.69, 9.17) is 15.9 Å². The number of nitrogens with zero attached hydrogens (tertiary/aromatic N) is 5. The van der Waals surface area contributed by atoms with Gasteiger partial charge in [0.25, 0.3) is 0 Å². The highest BCUT2D eigenvalue weighted by Crippen LogP contribution is 2.43. The van der Waals surface area contributed by atoms with E-state index in [1.165, 1.54) is 12.1 Å². The van der Waals surface area contributed by atoms with Gasteiger partial charge in [0.15, 0.2) is 20.7 Å². The Kier molecular flexibility index (Phi) is 7.89. The Morgan fingerprint density at radius 1 is 1.13 bits per heavy atom. The predicted molar refractivity (Wildman–Crippen MR) is 169 cm³/mol. The molecule has 1 N–H and O–H groups in total. The number of hydrogen-bond donors (Lipinski definition) is 1. The molecular formula is C33H32F3N5O5S. The largest absolute Gasteiger partial charge is 0.508 e. The summed E-state index contributed by atoms with van der Waals surface area (Å²) in [5, 5.41) is 10.3. The van der Waals surface area contributed by atoms with E-state index >= 15 is 4.39 Å². The number of hydrogen-bond acceptors (Lipinski definition) is 10. The van der Waals surface area contributed by atoms with Gasteiger partial charge in [-0.05, 0) is 49.4 Å². The van der Waals surface area contributed by atoms with Crippen LogP contribution in [-0.2, 0) is 14.6 Å². The van der Waals surface area contributed by atoms with Crippen molar-refractivity contribution in [3.63, 3.8) is 0 Å². The Labute approximate surface area is 269 Å². The van der Waals surface area contributed by atoms with Gasteiger partial charge in [-0.15, -0.1) is 6.42 Å². The minimum atomic E-state index is -4.17. The van der Waals surface area contributed by atoms with Gasteiger partial charge in [0.2, 0.25) is 0 Å². The molecule has 0 aliphatic carbocycles. The number of alkyl halides is 1. The number of fused-ring (bicyclic) bond motifs is 3. The first-order valence-electron chi connectivity index (χ1n) is 15.4. The molecule has 0 unspecified atom stereocenters. The molecule has 0 radical (unpaired) electrons. The number of terminal acetylenes is 1. The number of ether oxygens (including phenoxy) is 2. The number of rotatable bonds is 6. The van der Waals surface area contributed by atoms with E-state index in [1.807, 2.05) is 0 Å². The van der Waals surface area contributed by atoms with Gasteiger partial charge in [0.05, 0.1) is 23.1 Å². The van der Waals surface area contributed by atoms with Crippen LogP contribution in [0.5, 0.6) is 11.8 Å². The van der Waals surface area contributed by atoms with Crippen LogP contribution in [0.15, 0.2) is 29.3 Å².